The van der Waals surface area contributed by atoms with Crippen molar-refractivity contribution in [3.05, 3.63) is 29.7 Å². The molecule has 1 aromatic heterocycles. The van der Waals surface area contributed by atoms with E-state index in [2.05, 4.69) is 26.4 Å². The minimum absolute atomic E-state index is 0.0224. The van der Waals surface area contributed by atoms with Gasteiger partial charge in [0.2, 0.25) is 18.3 Å². The molecule has 0 aromatic carbocycles. The lowest BCUT2D eigenvalue weighted by molar-refractivity contribution is -0.173. The second-order valence-electron chi connectivity index (χ2n) is 8.25. The summed E-state index contributed by atoms with van der Waals surface area (Å²) in [7, 11) is 1.24. The molecule has 3 N–H and O–H groups in total. The number of rotatable bonds is 8. The normalized spacial score (nSPS) is 19.9. The number of hydrogen-bond donors (Lipinski definition) is 2. The van der Waals surface area contributed by atoms with Gasteiger partial charge in [-0.3, -0.25) is 19.3 Å². The molecule has 0 spiro atoms. The van der Waals surface area contributed by atoms with Crippen molar-refractivity contribution in [2.75, 3.05) is 25.4 Å². The van der Waals surface area contributed by atoms with Gasteiger partial charge in [0, 0.05) is 17.3 Å². The van der Waals surface area contributed by atoms with E-state index in [1.807, 2.05) is 0 Å². The number of esters is 2. The number of thioether (sulfide) groups is 1. The van der Waals surface area contributed by atoms with Crippen LogP contribution in [0.1, 0.15) is 26.6 Å². The molecule has 1 saturated heterocycles. The summed E-state index contributed by atoms with van der Waals surface area (Å²) in [4.78, 5) is 60.3. The van der Waals surface area contributed by atoms with Gasteiger partial charge in [0.15, 0.2) is 5.13 Å². The van der Waals surface area contributed by atoms with Crippen LogP contribution in [0.3, 0.4) is 0 Å². The van der Waals surface area contributed by atoms with Crippen LogP contribution in [0.4, 0.5) is 5.13 Å². The number of fused-ring (bicyclic) bond motifs is 1. The third-order valence-corrected chi connectivity index (χ3v) is 6.61. The van der Waals surface area contributed by atoms with Gasteiger partial charge in [0.05, 0.1) is 5.41 Å². The molecule has 15 heteroatoms. The number of β-lactam (4-membered cyclic amide) rings is 1. The number of anilines is 1. The fraction of sp³-hybridized carbons (Fsp3) is 0.450. The van der Waals surface area contributed by atoms with Crippen LogP contribution in [0.15, 0.2) is 29.1 Å². The molecule has 0 bridgehead atoms. The zero-order valence-corrected chi connectivity index (χ0v) is 21.0. The average molecular weight is 525 g/mol. The molecule has 13 nitrogen and oxygen atoms in total. The molecule has 2 amide bonds. The number of nitrogen functional groups attached to an aromatic ring is 1. The maximum atomic E-state index is 13.0. The van der Waals surface area contributed by atoms with E-state index in [0.717, 1.165) is 11.5 Å². The highest BCUT2D eigenvalue weighted by Crippen LogP contribution is 2.41. The van der Waals surface area contributed by atoms with Crippen molar-refractivity contribution < 1.29 is 33.5 Å². The smallest absolute Gasteiger partial charge is 0.358 e. The quantitative estimate of drug-likeness (QED) is 0.158. The van der Waals surface area contributed by atoms with Crippen molar-refractivity contribution in [3.8, 4) is 0 Å². The number of nitrogens with two attached hydrogens (primary N) is 1. The standard InChI is InChI=1S/C20H24N6O7S2/c1-6-9-7-34-16-11(22-14(27)10(24-31-5)13-23-19(21)35-25-13)15(28)26(16)12(9)17(29)32-8-33-18(30)20(2,3)4/h6,11,16H,1,7-8H2,2-5H3,(H,22,27)(H2,21,23,25)/b24-10+/t11?,16-/m1/s1. The third kappa shape index (κ3) is 5.45. The lowest BCUT2D eigenvalue weighted by Gasteiger charge is -2.49. The summed E-state index contributed by atoms with van der Waals surface area (Å²) in [6, 6.07) is -0.960. The molecule has 1 fully saturated rings. The number of ether oxygens (including phenoxy) is 2. The molecule has 2 aliphatic rings. The van der Waals surface area contributed by atoms with Crippen molar-refractivity contribution in [1.29, 1.82) is 0 Å². The number of amides is 2. The van der Waals surface area contributed by atoms with Crippen LogP contribution in [0.25, 0.3) is 0 Å². The van der Waals surface area contributed by atoms with Crippen molar-refractivity contribution in [2.24, 2.45) is 10.6 Å². The van der Waals surface area contributed by atoms with Crippen molar-refractivity contribution in [2.45, 2.75) is 32.2 Å². The number of aromatic nitrogens is 2. The van der Waals surface area contributed by atoms with Gasteiger partial charge in [0.25, 0.3) is 11.8 Å². The predicted molar refractivity (Wildman–Crippen MR) is 127 cm³/mol. The van der Waals surface area contributed by atoms with Crippen LogP contribution in [0.5, 0.6) is 0 Å². The highest BCUT2D eigenvalue weighted by atomic mass is 32.2. The Hall–Kier alpha value is -3.46. The zero-order valence-electron chi connectivity index (χ0n) is 19.4. The largest absolute Gasteiger partial charge is 0.427 e. The number of oxime groups is 1. The molecule has 1 unspecified atom stereocenters. The number of hydrogen-bond acceptors (Lipinski definition) is 13. The molecular formula is C20H24N6O7S2. The van der Waals surface area contributed by atoms with Gasteiger partial charge in [-0.2, -0.15) is 9.36 Å². The number of carbonyl (C=O) groups is 4. The summed E-state index contributed by atoms with van der Waals surface area (Å²) in [6.45, 7) is 8.06. The summed E-state index contributed by atoms with van der Waals surface area (Å²) in [5.41, 5.74) is 5.00. The van der Waals surface area contributed by atoms with Gasteiger partial charge in [-0.05, 0) is 26.3 Å². The maximum absolute atomic E-state index is 13.0. The van der Waals surface area contributed by atoms with Gasteiger partial charge in [0.1, 0.15) is 24.2 Å². The lowest BCUT2D eigenvalue weighted by atomic mass is 9.98. The Labute approximate surface area is 208 Å². The number of nitrogens with zero attached hydrogens (tertiary/aromatic N) is 4. The van der Waals surface area contributed by atoms with E-state index in [9.17, 15) is 19.2 Å². The summed E-state index contributed by atoms with van der Waals surface area (Å²) < 4.78 is 14.0. The molecule has 3 heterocycles. The molecule has 0 saturated carbocycles. The van der Waals surface area contributed by atoms with E-state index in [-0.39, 0.29) is 22.4 Å². The molecule has 188 valence electrons. The summed E-state index contributed by atoms with van der Waals surface area (Å²) in [5.74, 6) is -2.41. The Kier molecular flexibility index (Phi) is 7.80. The predicted octanol–water partition coefficient (Wildman–Crippen LogP) is 0.401. The third-order valence-electron chi connectivity index (χ3n) is 4.77. The molecule has 0 aliphatic carbocycles. The van der Waals surface area contributed by atoms with Gasteiger partial charge < -0.3 is 25.4 Å². The Balaban J connectivity index is 1.71. The lowest BCUT2D eigenvalue weighted by Crippen LogP contribution is -2.71. The highest BCUT2D eigenvalue weighted by Gasteiger charge is 2.54. The Bertz CT molecular complexity index is 1120. The molecular weight excluding hydrogens is 500 g/mol. The molecule has 0 radical (unpaired) electrons. The molecule has 2 atom stereocenters. The minimum atomic E-state index is -0.960. The van der Waals surface area contributed by atoms with Gasteiger partial charge in [-0.25, -0.2) is 4.79 Å². The van der Waals surface area contributed by atoms with Gasteiger partial charge in [-0.15, -0.1) is 11.8 Å². The van der Waals surface area contributed by atoms with Crippen LogP contribution < -0.4 is 11.1 Å². The molecule has 2 aliphatic heterocycles. The van der Waals surface area contributed by atoms with E-state index in [1.165, 1.54) is 29.8 Å². The monoisotopic (exact) mass is 524 g/mol. The fourth-order valence-corrected chi connectivity index (χ4v) is 4.80. The first kappa shape index (κ1) is 26.2. The Morgan fingerprint density at radius 3 is 2.63 bits per heavy atom. The second-order valence-corrected chi connectivity index (χ2v) is 10.1. The first-order valence-electron chi connectivity index (χ1n) is 10.2. The Morgan fingerprint density at radius 2 is 2.06 bits per heavy atom. The Morgan fingerprint density at radius 1 is 1.34 bits per heavy atom. The van der Waals surface area contributed by atoms with Crippen molar-refractivity contribution in [1.82, 2.24) is 19.6 Å². The summed E-state index contributed by atoms with van der Waals surface area (Å²) >= 11 is 2.20. The SMILES string of the molecule is C=CC1=C(C(=O)OCOC(=O)C(C)(C)C)N2C(=O)C(NC(=O)/C(=N/OC)c3nsc(N)n3)[C@H]2SC1. The van der Waals surface area contributed by atoms with E-state index in [0.29, 0.717) is 11.3 Å². The number of carbonyl (C=O) groups excluding carboxylic acids is 4. The van der Waals surface area contributed by atoms with E-state index >= 15 is 0 Å². The maximum Gasteiger partial charge on any atom is 0.358 e. The average Bonchev–Trinajstić information content (AvgIpc) is 3.24. The van der Waals surface area contributed by atoms with Crippen molar-refractivity contribution in [3.63, 3.8) is 0 Å². The topological polar surface area (TPSA) is 175 Å². The van der Waals surface area contributed by atoms with Crippen LogP contribution in [-0.2, 0) is 33.5 Å². The van der Waals surface area contributed by atoms with Crippen LogP contribution in [0, 0.1) is 5.41 Å². The number of nitrogens with one attached hydrogen (secondary N) is 1. The summed E-state index contributed by atoms with van der Waals surface area (Å²) in [6.07, 6.45) is 1.45. The van der Waals surface area contributed by atoms with E-state index in [1.54, 1.807) is 20.8 Å². The van der Waals surface area contributed by atoms with Gasteiger partial charge in [-0.1, -0.05) is 17.8 Å². The first-order valence-corrected chi connectivity index (χ1v) is 12.0. The highest BCUT2D eigenvalue weighted by molar-refractivity contribution is 8.00. The van der Waals surface area contributed by atoms with E-state index < -0.39 is 47.4 Å². The van der Waals surface area contributed by atoms with Crippen LogP contribution in [0.2, 0.25) is 0 Å². The molecule has 3 rings (SSSR count). The van der Waals surface area contributed by atoms with E-state index in [4.69, 9.17) is 20.0 Å². The van der Waals surface area contributed by atoms with Crippen molar-refractivity contribution >= 4 is 57.9 Å². The minimum Gasteiger partial charge on any atom is -0.427 e. The first-order chi connectivity index (χ1) is 16.5. The summed E-state index contributed by atoms with van der Waals surface area (Å²) in [5, 5.41) is 5.76. The number of allylic oxidation sites excluding steroid dienone is 1. The fourth-order valence-electron chi connectivity index (χ4n) is 3.03. The van der Waals surface area contributed by atoms with Crippen LogP contribution in [-0.4, -0.2) is 74.8 Å². The second kappa shape index (κ2) is 10.4. The molecule has 1 aromatic rings. The zero-order chi connectivity index (χ0) is 25.9. The molecule has 35 heavy (non-hydrogen) atoms. The van der Waals surface area contributed by atoms with Crippen LogP contribution >= 0.6 is 23.3 Å². The van der Waals surface area contributed by atoms with Gasteiger partial charge >= 0.3 is 11.9 Å².